The fourth-order valence-electron chi connectivity index (χ4n) is 2.99. The van der Waals surface area contributed by atoms with Gasteiger partial charge in [-0.05, 0) is 47.5 Å². The average molecular weight is 527 g/mol. The first kappa shape index (κ1) is 20.4. The van der Waals surface area contributed by atoms with Crippen LogP contribution < -0.4 is 10.5 Å². The minimum Gasteiger partial charge on any atom is -0.507 e. The summed E-state index contributed by atoms with van der Waals surface area (Å²) in [5.74, 6) is 0.756. The molecule has 4 rings (SSSR count). The summed E-state index contributed by atoms with van der Waals surface area (Å²) in [7, 11) is 0. The van der Waals surface area contributed by atoms with E-state index in [0.717, 1.165) is 25.6 Å². The highest BCUT2D eigenvalue weighted by molar-refractivity contribution is 9.10. The molecule has 0 fully saturated rings. The summed E-state index contributed by atoms with van der Waals surface area (Å²) in [5, 5.41) is 10.7. The molecule has 0 amide bonds. The van der Waals surface area contributed by atoms with Gasteiger partial charge in [0, 0.05) is 32.3 Å². The third-order valence-electron chi connectivity index (χ3n) is 4.51. The highest BCUT2D eigenvalue weighted by Gasteiger charge is 2.15. The molecule has 0 aliphatic heterocycles. The maximum absolute atomic E-state index is 10.7. The van der Waals surface area contributed by atoms with E-state index in [0.29, 0.717) is 23.6 Å². The smallest absolute Gasteiger partial charge is 0.220 e. The molecule has 0 aliphatic carbocycles. The van der Waals surface area contributed by atoms with Gasteiger partial charge in [-0.3, -0.25) is 0 Å². The number of anilines is 1. The summed E-state index contributed by atoms with van der Waals surface area (Å²) >= 11 is 6.86. The van der Waals surface area contributed by atoms with E-state index in [9.17, 15) is 5.11 Å². The summed E-state index contributed by atoms with van der Waals surface area (Å²) in [6.45, 7) is 0.399. The molecule has 0 aliphatic rings. The maximum Gasteiger partial charge on any atom is 0.220 e. The highest BCUT2D eigenvalue weighted by atomic mass is 79.9. The Morgan fingerprint density at radius 1 is 0.867 bits per heavy atom. The molecule has 7 heteroatoms. The number of nitrogen functional groups attached to an aromatic ring is 1. The Labute approximate surface area is 190 Å². The van der Waals surface area contributed by atoms with Crippen molar-refractivity contribution in [3.05, 3.63) is 87.4 Å². The number of nitrogens with two attached hydrogens (primary N) is 1. The summed E-state index contributed by atoms with van der Waals surface area (Å²) in [5.41, 5.74) is 9.66. The average Bonchev–Trinajstić information content (AvgIpc) is 2.74. The van der Waals surface area contributed by atoms with Crippen LogP contribution >= 0.6 is 31.9 Å². The second-order valence-electron chi connectivity index (χ2n) is 6.59. The number of benzene rings is 3. The van der Waals surface area contributed by atoms with E-state index < -0.39 is 0 Å². The molecule has 0 unspecified atom stereocenters. The van der Waals surface area contributed by atoms with Crippen molar-refractivity contribution >= 4 is 37.8 Å². The van der Waals surface area contributed by atoms with E-state index >= 15 is 0 Å². The van der Waals surface area contributed by atoms with Crippen LogP contribution in [-0.2, 0) is 6.61 Å². The Bertz CT molecular complexity index is 1180. The SMILES string of the molecule is Nc1ncc(-c2ccc(Br)cc2)c(-c2ccc(OCc3ccc(Br)cc3)cc2O)n1. The zero-order chi connectivity index (χ0) is 21.1. The van der Waals surface area contributed by atoms with Crippen molar-refractivity contribution in [3.63, 3.8) is 0 Å². The molecule has 1 aromatic heterocycles. The molecule has 0 bridgehead atoms. The molecular formula is C23H17Br2N3O2. The quantitative estimate of drug-likeness (QED) is 0.323. The van der Waals surface area contributed by atoms with E-state index in [2.05, 4.69) is 41.8 Å². The predicted molar refractivity (Wildman–Crippen MR) is 125 cm³/mol. The second kappa shape index (κ2) is 8.85. The van der Waals surface area contributed by atoms with Crippen LogP contribution in [0.25, 0.3) is 22.4 Å². The van der Waals surface area contributed by atoms with Gasteiger partial charge < -0.3 is 15.6 Å². The zero-order valence-corrected chi connectivity index (χ0v) is 18.9. The number of rotatable bonds is 5. The van der Waals surface area contributed by atoms with Crippen molar-refractivity contribution < 1.29 is 9.84 Å². The van der Waals surface area contributed by atoms with Crippen LogP contribution in [0.15, 0.2) is 81.9 Å². The molecule has 0 spiro atoms. The van der Waals surface area contributed by atoms with Gasteiger partial charge in [0.15, 0.2) is 0 Å². The first-order valence-electron chi connectivity index (χ1n) is 9.09. The van der Waals surface area contributed by atoms with Crippen LogP contribution in [0.3, 0.4) is 0 Å². The van der Waals surface area contributed by atoms with Crippen LogP contribution in [0.1, 0.15) is 5.56 Å². The number of aromatic hydroxyl groups is 1. The fourth-order valence-corrected chi connectivity index (χ4v) is 3.52. The van der Waals surface area contributed by atoms with E-state index in [1.54, 1.807) is 24.4 Å². The minimum absolute atomic E-state index is 0.0553. The number of phenolic OH excluding ortho intramolecular Hbond substituents is 1. The van der Waals surface area contributed by atoms with Crippen molar-refractivity contribution in [2.24, 2.45) is 0 Å². The van der Waals surface area contributed by atoms with Gasteiger partial charge in [-0.1, -0.05) is 56.1 Å². The van der Waals surface area contributed by atoms with Gasteiger partial charge in [0.25, 0.3) is 0 Å². The maximum atomic E-state index is 10.7. The molecule has 0 saturated carbocycles. The lowest BCUT2D eigenvalue weighted by Crippen LogP contribution is -1.99. The number of halogens is 2. The standard InChI is InChI=1S/C23H17Br2N3O2/c24-16-5-1-14(2-6-16)13-30-18-9-10-19(21(29)11-18)22-20(12-27-23(26)28-22)15-3-7-17(25)8-4-15/h1-12,29H,13H2,(H2,26,27,28). The molecule has 1 heterocycles. The number of hydrogen-bond acceptors (Lipinski definition) is 5. The molecular weight excluding hydrogens is 510 g/mol. The van der Waals surface area contributed by atoms with Crippen molar-refractivity contribution in [1.29, 1.82) is 0 Å². The largest absolute Gasteiger partial charge is 0.507 e. The summed E-state index contributed by atoms with van der Waals surface area (Å²) in [6.07, 6.45) is 1.66. The number of ether oxygens (including phenoxy) is 1. The summed E-state index contributed by atoms with van der Waals surface area (Å²) in [4.78, 5) is 8.51. The molecule has 4 aromatic rings. The van der Waals surface area contributed by atoms with E-state index in [1.807, 2.05) is 48.5 Å². The van der Waals surface area contributed by atoms with Gasteiger partial charge in [0.05, 0.1) is 5.69 Å². The number of nitrogens with zero attached hydrogens (tertiary/aromatic N) is 2. The van der Waals surface area contributed by atoms with Gasteiger partial charge in [-0.2, -0.15) is 0 Å². The minimum atomic E-state index is 0.0553. The van der Waals surface area contributed by atoms with Gasteiger partial charge >= 0.3 is 0 Å². The van der Waals surface area contributed by atoms with Crippen LogP contribution in [0, 0.1) is 0 Å². The number of hydrogen-bond donors (Lipinski definition) is 2. The Morgan fingerprint density at radius 2 is 1.53 bits per heavy atom. The van der Waals surface area contributed by atoms with Crippen LogP contribution in [0.5, 0.6) is 11.5 Å². The van der Waals surface area contributed by atoms with E-state index in [-0.39, 0.29) is 11.7 Å². The van der Waals surface area contributed by atoms with Crippen molar-refractivity contribution in [1.82, 2.24) is 9.97 Å². The summed E-state index contributed by atoms with van der Waals surface area (Å²) < 4.78 is 7.80. The topological polar surface area (TPSA) is 81.3 Å². The molecule has 3 N–H and O–H groups in total. The lowest BCUT2D eigenvalue weighted by atomic mass is 10.00. The normalized spacial score (nSPS) is 10.7. The van der Waals surface area contributed by atoms with Crippen molar-refractivity contribution in [2.45, 2.75) is 6.61 Å². The number of aromatic nitrogens is 2. The molecule has 3 aromatic carbocycles. The molecule has 0 saturated heterocycles. The van der Waals surface area contributed by atoms with Gasteiger partial charge in [-0.15, -0.1) is 0 Å². The number of phenols is 1. The predicted octanol–water partition coefficient (Wildman–Crippen LogP) is 6.20. The van der Waals surface area contributed by atoms with Crippen molar-refractivity contribution in [2.75, 3.05) is 5.73 Å². The third kappa shape index (κ3) is 4.63. The first-order chi connectivity index (χ1) is 14.5. The Kier molecular flexibility index (Phi) is 6.01. The van der Waals surface area contributed by atoms with Gasteiger partial charge in [0.2, 0.25) is 5.95 Å². The fraction of sp³-hybridized carbons (Fsp3) is 0.0435. The van der Waals surface area contributed by atoms with Crippen LogP contribution in [0.4, 0.5) is 5.95 Å². The molecule has 5 nitrogen and oxygen atoms in total. The Hall–Kier alpha value is -2.90. The highest BCUT2D eigenvalue weighted by Crippen LogP contribution is 2.37. The van der Waals surface area contributed by atoms with E-state index in [1.165, 1.54) is 0 Å². The third-order valence-corrected chi connectivity index (χ3v) is 5.56. The van der Waals surface area contributed by atoms with Gasteiger partial charge in [-0.25, -0.2) is 9.97 Å². The lowest BCUT2D eigenvalue weighted by Gasteiger charge is -2.13. The van der Waals surface area contributed by atoms with Crippen LogP contribution in [0.2, 0.25) is 0 Å². The zero-order valence-electron chi connectivity index (χ0n) is 15.7. The molecule has 150 valence electrons. The monoisotopic (exact) mass is 525 g/mol. The Morgan fingerprint density at radius 3 is 2.20 bits per heavy atom. The first-order valence-corrected chi connectivity index (χ1v) is 10.7. The molecule has 30 heavy (non-hydrogen) atoms. The molecule has 0 radical (unpaired) electrons. The summed E-state index contributed by atoms with van der Waals surface area (Å²) in [6, 6.07) is 20.8. The van der Waals surface area contributed by atoms with Gasteiger partial charge in [0.1, 0.15) is 18.1 Å². The van der Waals surface area contributed by atoms with Crippen molar-refractivity contribution in [3.8, 4) is 33.9 Å². The molecule has 0 atom stereocenters. The Balaban J connectivity index is 1.63. The van der Waals surface area contributed by atoms with Crippen LogP contribution in [-0.4, -0.2) is 15.1 Å². The lowest BCUT2D eigenvalue weighted by molar-refractivity contribution is 0.304. The second-order valence-corrected chi connectivity index (χ2v) is 8.42. The van der Waals surface area contributed by atoms with E-state index in [4.69, 9.17) is 10.5 Å².